The van der Waals surface area contributed by atoms with Crippen LogP contribution in [0, 0.1) is 6.92 Å². The summed E-state index contributed by atoms with van der Waals surface area (Å²) in [5.41, 5.74) is 4.56. The van der Waals surface area contributed by atoms with Crippen molar-refractivity contribution >= 4 is 17.7 Å². The smallest absolute Gasteiger partial charge is 0.270 e. The van der Waals surface area contributed by atoms with Gasteiger partial charge in [0.25, 0.3) is 5.91 Å². The first kappa shape index (κ1) is 19.0. The number of carbonyl (C=O) groups is 1. The van der Waals surface area contributed by atoms with Crippen molar-refractivity contribution in [1.29, 1.82) is 0 Å². The second-order valence-corrected chi connectivity index (χ2v) is 7.22. The highest BCUT2D eigenvalue weighted by Gasteiger charge is 2.14. The Morgan fingerprint density at radius 3 is 2.67 bits per heavy atom. The zero-order valence-corrected chi connectivity index (χ0v) is 16.4. The number of nitrogens with one attached hydrogen (secondary N) is 1. The van der Waals surface area contributed by atoms with Gasteiger partial charge in [0.15, 0.2) is 0 Å². The number of aromatic nitrogens is 3. The molecule has 1 N–H and O–H groups in total. The van der Waals surface area contributed by atoms with Crippen LogP contribution in [-0.4, -0.2) is 26.9 Å². The van der Waals surface area contributed by atoms with Gasteiger partial charge in [0.2, 0.25) is 5.16 Å². The molecule has 0 fully saturated rings. The van der Waals surface area contributed by atoms with E-state index in [4.69, 9.17) is 4.74 Å². The molecule has 1 amide bonds. The third-order valence-corrected chi connectivity index (χ3v) is 4.69. The molecule has 0 aliphatic heterocycles. The molecule has 2 aromatic carbocycles. The average molecular weight is 382 g/mol. The van der Waals surface area contributed by atoms with Crippen LogP contribution in [0.5, 0.6) is 5.75 Å². The first-order valence-corrected chi connectivity index (χ1v) is 9.68. The summed E-state index contributed by atoms with van der Waals surface area (Å²) in [6, 6.07) is 17.2. The molecule has 0 bridgehead atoms. The van der Waals surface area contributed by atoms with Gasteiger partial charge in [0.1, 0.15) is 11.6 Å². The van der Waals surface area contributed by atoms with Crippen molar-refractivity contribution < 1.29 is 9.53 Å². The molecule has 0 unspecified atom stereocenters. The molecule has 0 saturated carbocycles. The summed E-state index contributed by atoms with van der Waals surface area (Å²) in [5.74, 6) is 1.78. The molecule has 0 aliphatic carbocycles. The zero-order valence-electron chi connectivity index (χ0n) is 15.5. The summed E-state index contributed by atoms with van der Waals surface area (Å²) >= 11 is 1.52. The first-order valence-electron chi connectivity index (χ1n) is 8.70. The maximum atomic E-state index is 12.7. The van der Waals surface area contributed by atoms with E-state index in [9.17, 15) is 4.79 Å². The van der Waals surface area contributed by atoms with E-state index in [0.29, 0.717) is 22.3 Å². The van der Waals surface area contributed by atoms with E-state index in [1.807, 2.05) is 38.1 Å². The van der Waals surface area contributed by atoms with E-state index in [0.717, 1.165) is 5.75 Å². The minimum absolute atomic E-state index is 0.0457. The Balaban J connectivity index is 1.72. The second-order valence-electron chi connectivity index (χ2n) is 6.27. The van der Waals surface area contributed by atoms with Crippen LogP contribution in [-0.2, 0) is 5.75 Å². The summed E-state index contributed by atoms with van der Waals surface area (Å²) in [4.78, 5) is 12.7. The third-order valence-electron chi connectivity index (χ3n) is 3.69. The molecular weight excluding hydrogens is 360 g/mol. The minimum Gasteiger partial charge on any atom is -0.491 e. The Morgan fingerprint density at radius 1 is 1.15 bits per heavy atom. The van der Waals surface area contributed by atoms with Crippen LogP contribution in [0.4, 0.5) is 0 Å². The highest BCUT2D eigenvalue weighted by Crippen LogP contribution is 2.21. The normalized spacial score (nSPS) is 10.8. The number of hydrogen-bond acceptors (Lipinski definition) is 5. The van der Waals surface area contributed by atoms with Crippen molar-refractivity contribution in [3.8, 4) is 5.75 Å². The third kappa shape index (κ3) is 5.10. The molecule has 0 aliphatic rings. The lowest BCUT2D eigenvalue weighted by molar-refractivity contribution is 0.100. The summed E-state index contributed by atoms with van der Waals surface area (Å²) in [5, 5.41) is 8.89. The van der Waals surface area contributed by atoms with Crippen LogP contribution < -0.4 is 10.2 Å². The number of ether oxygens (including phenoxy) is 1. The SMILES string of the molecule is Cc1nnc(SCc2ccccc2)n1NC(=O)c1cccc(OC(C)C)c1. The monoisotopic (exact) mass is 382 g/mol. The standard InChI is InChI=1S/C20H22N4O2S/c1-14(2)26-18-11-7-10-17(12-18)19(25)23-24-15(3)21-22-20(24)27-13-16-8-5-4-6-9-16/h4-12,14H,13H2,1-3H3,(H,23,25). The van der Waals surface area contributed by atoms with Crippen molar-refractivity contribution in [3.05, 3.63) is 71.5 Å². The molecule has 140 valence electrons. The lowest BCUT2D eigenvalue weighted by atomic mass is 10.2. The molecule has 27 heavy (non-hydrogen) atoms. The molecule has 1 heterocycles. The molecule has 7 heteroatoms. The number of hydrogen-bond donors (Lipinski definition) is 1. The van der Waals surface area contributed by atoms with Gasteiger partial charge in [0, 0.05) is 11.3 Å². The number of aryl methyl sites for hydroxylation is 1. The number of rotatable bonds is 7. The summed E-state index contributed by atoms with van der Waals surface area (Å²) < 4.78 is 7.28. The highest BCUT2D eigenvalue weighted by molar-refractivity contribution is 7.98. The number of carbonyl (C=O) groups excluding carboxylic acids is 1. The maximum absolute atomic E-state index is 12.7. The Kier molecular flexibility index (Phi) is 6.13. The van der Waals surface area contributed by atoms with E-state index >= 15 is 0 Å². The summed E-state index contributed by atoms with van der Waals surface area (Å²) in [6.45, 7) is 5.70. The second kappa shape index (κ2) is 8.73. The van der Waals surface area contributed by atoms with Gasteiger partial charge in [-0.25, -0.2) is 4.68 Å². The van der Waals surface area contributed by atoms with E-state index < -0.39 is 0 Å². The van der Waals surface area contributed by atoms with Crippen molar-refractivity contribution in [1.82, 2.24) is 14.9 Å². The summed E-state index contributed by atoms with van der Waals surface area (Å²) in [7, 11) is 0. The fraction of sp³-hybridized carbons (Fsp3) is 0.250. The van der Waals surface area contributed by atoms with Crippen molar-refractivity contribution in [2.24, 2.45) is 0 Å². The van der Waals surface area contributed by atoms with E-state index in [1.54, 1.807) is 29.8 Å². The lowest BCUT2D eigenvalue weighted by Gasteiger charge is -2.12. The molecule has 3 aromatic rings. The van der Waals surface area contributed by atoms with Crippen molar-refractivity contribution in [3.63, 3.8) is 0 Å². The quantitative estimate of drug-likeness (QED) is 0.624. The molecule has 0 spiro atoms. The van der Waals surface area contributed by atoms with E-state index in [-0.39, 0.29) is 12.0 Å². The molecule has 1 aromatic heterocycles. The molecule has 0 radical (unpaired) electrons. The highest BCUT2D eigenvalue weighted by atomic mass is 32.2. The Bertz CT molecular complexity index is 909. The van der Waals surface area contributed by atoms with Crippen LogP contribution in [0.25, 0.3) is 0 Å². The van der Waals surface area contributed by atoms with Crippen LogP contribution >= 0.6 is 11.8 Å². The Labute approximate surface area is 162 Å². The largest absolute Gasteiger partial charge is 0.491 e. The van der Waals surface area contributed by atoms with Crippen LogP contribution in [0.1, 0.15) is 35.6 Å². The van der Waals surface area contributed by atoms with Gasteiger partial charge < -0.3 is 4.74 Å². The average Bonchev–Trinajstić information content (AvgIpc) is 3.00. The van der Waals surface area contributed by atoms with Gasteiger partial charge >= 0.3 is 0 Å². The number of thioether (sulfide) groups is 1. The van der Waals surface area contributed by atoms with Crippen molar-refractivity contribution in [2.75, 3.05) is 5.43 Å². The van der Waals surface area contributed by atoms with Gasteiger partial charge in [0.05, 0.1) is 6.10 Å². The van der Waals surface area contributed by atoms with Crippen molar-refractivity contribution in [2.45, 2.75) is 37.8 Å². The minimum atomic E-state index is -0.242. The first-order chi connectivity index (χ1) is 13.0. The van der Waals surface area contributed by atoms with Gasteiger partial charge in [-0.3, -0.25) is 10.2 Å². The molecule has 0 atom stereocenters. The van der Waals surface area contributed by atoms with Crippen LogP contribution in [0.15, 0.2) is 59.8 Å². The number of amides is 1. The maximum Gasteiger partial charge on any atom is 0.270 e. The van der Waals surface area contributed by atoms with Gasteiger partial charge in [-0.15, -0.1) is 10.2 Å². The molecule has 3 rings (SSSR count). The van der Waals surface area contributed by atoms with Gasteiger partial charge in [-0.1, -0.05) is 48.2 Å². The van der Waals surface area contributed by atoms with E-state index in [1.165, 1.54) is 17.3 Å². The topological polar surface area (TPSA) is 69.0 Å². The predicted octanol–water partition coefficient (Wildman–Crippen LogP) is 4.05. The molecular formula is C20H22N4O2S. The zero-order chi connectivity index (χ0) is 19.2. The molecule has 6 nitrogen and oxygen atoms in total. The molecule has 0 saturated heterocycles. The number of nitrogens with zero attached hydrogens (tertiary/aromatic N) is 3. The fourth-order valence-electron chi connectivity index (χ4n) is 2.44. The Hall–Kier alpha value is -2.80. The van der Waals surface area contributed by atoms with E-state index in [2.05, 4.69) is 27.8 Å². The predicted molar refractivity (Wildman–Crippen MR) is 107 cm³/mol. The summed E-state index contributed by atoms with van der Waals surface area (Å²) in [6.07, 6.45) is 0.0457. The number of benzene rings is 2. The van der Waals surface area contributed by atoms with Gasteiger partial charge in [-0.05, 0) is 44.5 Å². The van der Waals surface area contributed by atoms with Gasteiger partial charge in [-0.2, -0.15) is 0 Å². The Morgan fingerprint density at radius 2 is 1.93 bits per heavy atom. The fourth-order valence-corrected chi connectivity index (χ4v) is 3.33. The lowest BCUT2D eigenvalue weighted by Crippen LogP contribution is -2.24. The van der Waals surface area contributed by atoms with Crippen LogP contribution in [0.2, 0.25) is 0 Å². The van der Waals surface area contributed by atoms with Crippen LogP contribution in [0.3, 0.4) is 0 Å².